The summed E-state index contributed by atoms with van der Waals surface area (Å²) in [5, 5.41) is 5.79. The molecule has 0 unspecified atom stereocenters. The number of rotatable bonds is 5. The predicted molar refractivity (Wildman–Crippen MR) is 125 cm³/mol. The number of nitrogens with zero attached hydrogens (tertiary/aromatic N) is 3. The van der Waals surface area contributed by atoms with Crippen LogP contribution in [-0.4, -0.2) is 52.2 Å². The first-order valence-corrected chi connectivity index (χ1v) is 10.7. The van der Waals surface area contributed by atoms with Crippen LogP contribution in [0.1, 0.15) is 6.42 Å². The Labute approximate surface area is 199 Å². The van der Waals surface area contributed by atoms with Gasteiger partial charge in [0.2, 0.25) is 5.91 Å². The highest BCUT2D eigenvalue weighted by Gasteiger charge is 2.40. The lowest BCUT2D eigenvalue weighted by molar-refractivity contribution is -0.119. The van der Waals surface area contributed by atoms with Gasteiger partial charge in [0.05, 0.1) is 17.5 Å². The Kier molecular flexibility index (Phi) is 6.90. The standard InChI is InChI=1S/C23H21ClFN5O4/c1-34-17-12-20(30(13-17)23(33)27-15-5-3-14(24)4-6-15)21(31)28-19-8-7-16(11-18(19)25)29-10-2-9-26-22(29)32/h2-11,17,20H,12-13H2,1H3,(H,27,33)(H,28,31)/t17-,20-/m1/s1. The Morgan fingerprint density at radius 2 is 1.94 bits per heavy atom. The number of likely N-dealkylation sites (tertiary alicyclic amines) is 1. The van der Waals surface area contributed by atoms with Crippen molar-refractivity contribution in [2.75, 3.05) is 24.3 Å². The van der Waals surface area contributed by atoms with Gasteiger partial charge in [-0.05, 0) is 42.5 Å². The molecule has 1 saturated heterocycles. The molecule has 4 rings (SSSR count). The van der Waals surface area contributed by atoms with Crippen molar-refractivity contribution >= 4 is 34.9 Å². The molecule has 1 aliphatic heterocycles. The highest BCUT2D eigenvalue weighted by molar-refractivity contribution is 6.30. The Balaban J connectivity index is 1.50. The van der Waals surface area contributed by atoms with Crippen LogP contribution in [0.2, 0.25) is 5.02 Å². The molecule has 2 atom stereocenters. The number of aromatic nitrogens is 2. The maximum Gasteiger partial charge on any atom is 0.352 e. The third kappa shape index (κ3) is 5.08. The molecule has 0 spiro atoms. The van der Waals surface area contributed by atoms with E-state index >= 15 is 0 Å². The smallest absolute Gasteiger partial charge is 0.352 e. The second-order valence-electron chi connectivity index (χ2n) is 7.62. The summed E-state index contributed by atoms with van der Waals surface area (Å²) in [6.07, 6.45) is 2.70. The van der Waals surface area contributed by atoms with E-state index in [0.29, 0.717) is 10.7 Å². The fraction of sp³-hybridized carbons (Fsp3) is 0.217. The number of amides is 3. The maximum absolute atomic E-state index is 14.8. The van der Waals surface area contributed by atoms with Gasteiger partial charge >= 0.3 is 11.7 Å². The number of hydrogen-bond donors (Lipinski definition) is 2. The SMILES string of the molecule is CO[C@@H]1C[C@H](C(=O)Nc2ccc(-n3cccnc3=O)cc2F)N(C(=O)Nc2ccc(Cl)cc2)C1. The molecule has 0 aliphatic carbocycles. The number of hydrogen-bond acceptors (Lipinski definition) is 5. The summed E-state index contributed by atoms with van der Waals surface area (Å²) in [7, 11) is 1.50. The lowest BCUT2D eigenvalue weighted by Gasteiger charge is -2.24. The maximum atomic E-state index is 14.8. The van der Waals surface area contributed by atoms with Crippen LogP contribution >= 0.6 is 11.6 Å². The van der Waals surface area contributed by atoms with E-state index in [0.717, 1.165) is 6.07 Å². The fourth-order valence-electron chi connectivity index (χ4n) is 3.69. The Morgan fingerprint density at radius 3 is 2.62 bits per heavy atom. The van der Waals surface area contributed by atoms with Gasteiger partial charge in [-0.25, -0.2) is 19.0 Å². The number of nitrogens with one attached hydrogen (secondary N) is 2. The molecule has 11 heteroatoms. The van der Waals surface area contributed by atoms with Crippen molar-refractivity contribution in [3.63, 3.8) is 0 Å². The summed E-state index contributed by atoms with van der Waals surface area (Å²) >= 11 is 5.88. The summed E-state index contributed by atoms with van der Waals surface area (Å²) in [6.45, 7) is 0.194. The van der Waals surface area contributed by atoms with Gasteiger partial charge in [-0.2, -0.15) is 0 Å². The van der Waals surface area contributed by atoms with Crippen LogP contribution in [0, 0.1) is 5.82 Å². The van der Waals surface area contributed by atoms with E-state index in [4.69, 9.17) is 16.3 Å². The van der Waals surface area contributed by atoms with Crippen molar-refractivity contribution < 1.29 is 18.7 Å². The number of methoxy groups -OCH3 is 1. The van der Waals surface area contributed by atoms with Gasteiger partial charge in [0.1, 0.15) is 11.9 Å². The second kappa shape index (κ2) is 10.0. The van der Waals surface area contributed by atoms with Gasteiger partial charge < -0.3 is 20.3 Å². The third-order valence-electron chi connectivity index (χ3n) is 5.46. The van der Waals surface area contributed by atoms with Gasteiger partial charge in [-0.15, -0.1) is 0 Å². The zero-order valence-electron chi connectivity index (χ0n) is 18.1. The van der Waals surface area contributed by atoms with Gasteiger partial charge in [0.15, 0.2) is 0 Å². The molecule has 176 valence electrons. The van der Waals surface area contributed by atoms with E-state index in [-0.39, 0.29) is 30.4 Å². The van der Waals surface area contributed by atoms with Gasteiger partial charge in [-0.1, -0.05) is 11.6 Å². The van der Waals surface area contributed by atoms with Crippen LogP contribution in [0.5, 0.6) is 0 Å². The van der Waals surface area contributed by atoms with Crippen molar-refractivity contribution in [2.24, 2.45) is 0 Å². The number of benzene rings is 2. The van der Waals surface area contributed by atoms with Gasteiger partial charge in [0, 0.05) is 49.2 Å². The van der Waals surface area contributed by atoms with E-state index in [2.05, 4.69) is 15.6 Å². The Hall–Kier alpha value is -3.76. The number of carbonyl (C=O) groups is 2. The summed E-state index contributed by atoms with van der Waals surface area (Å²) in [5.41, 5.74) is 0.141. The van der Waals surface area contributed by atoms with Crippen molar-refractivity contribution in [3.8, 4) is 5.69 Å². The van der Waals surface area contributed by atoms with Gasteiger partial charge in [-0.3, -0.25) is 9.36 Å². The van der Waals surface area contributed by atoms with Crippen molar-refractivity contribution in [3.05, 3.63) is 82.2 Å². The zero-order valence-corrected chi connectivity index (χ0v) is 18.8. The van der Waals surface area contributed by atoms with Crippen LogP contribution in [0.3, 0.4) is 0 Å². The molecule has 9 nitrogen and oxygen atoms in total. The molecule has 2 N–H and O–H groups in total. The quantitative estimate of drug-likeness (QED) is 0.577. The van der Waals surface area contributed by atoms with Gasteiger partial charge in [0.25, 0.3) is 0 Å². The van der Waals surface area contributed by atoms with E-state index in [1.807, 2.05) is 0 Å². The Morgan fingerprint density at radius 1 is 1.18 bits per heavy atom. The molecule has 0 bridgehead atoms. The van der Waals surface area contributed by atoms with E-state index in [1.54, 1.807) is 30.3 Å². The van der Waals surface area contributed by atoms with E-state index in [9.17, 15) is 18.8 Å². The second-order valence-corrected chi connectivity index (χ2v) is 8.06. The number of urea groups is 1. The van der Waals surface area contributed by atoms with Crippen LogP contribution in [-0.2, 0) is 9.53 Å². The van der Waals surface area contributed by atoms with E-state index < -0.39 is 29.5 Å². The molecule has 34 heavy (non-hydrogen) atoms. The monoisotopic (exact) mass is 485 g/mol. The van der Waals surface area contributed by atoms with Crippen molar-refractivity contribution in [2.45, 2.75) is 18.6 Å². The van der Waals surface area contributed by atoms with Crippen LogP contribution in [0.4, 0.5) is 20.6 Å². The molecular formula is C23H21ClFN5O4. The molecule has 1 aromatic heterocycles. The summed E-state index contributed by atoms with van der Waals surface area (Å²) in [5.74, 6) is -1.30. The third-order valence-corrected chi connectivity index (χ3v) is 5.71. The fourth-order valence-corrected chi connectivity index (χ4v) is 3.82. The molecule has 3 aromatic rings. The van der Waals surface area contributed by atoms with Crippen LogP contribution in [0.15, 0.2) is 65.7 Å². The minimum absolute atomic E-state index is 0.0791. The minimum Gasteiger partial charge on any atom is -0.380 e. The first-order valence-electron chi connectivity index (χ1n) is 10.4. The summed E-state index contributed by atoms with van der Waals surface area (Å²) in [6, 6.07) is 10.7. The van der Waals surface area contributed by atoms with E-state index in [1.165, 1.54) is 41.1 Å². The van der Waals surface area contributed by atoms with Crippen LogP contribution in [0.25, 0.3) is 5.69 Å². The number of halogens is 2. The molecule has 1 fully saturated rings. The average molecular weight is 486 g/mol. The van der Waals surface area contributed by atoms with Crippen molar-refractivity contribution in [1.82, 2.24) is 14.5 Å². The normalized spacial score (nSPS) is 17.4. The molecule has 0 saturated carbocycles. The lowest BCUT2D eigenvalue weighted by Crippen LogP contribution is -2.45. The number of ether oxygens (including phenoxy) is 1. The number of carbonyl (C=O) groups excluding carboxylic acids is 2. The first-order chi connectivity index (χ1) is 16.4. The average Bonchev–Trinajstić information content (AvgIpc) is 3.27. The summed E-state index contributed by atoms with van der Waals surface area (Å²) < 4.78 is 21.3. The molecule has 2 heterocycles. The summed E-state index contributed by atoms with van der Waals surface area (Å²) in [4.78, 5) is 42.7. The van der Waals surface area contributed by atoms with Crippen molar-refractivity contribution in [1.29, 1.82) is 0 Å². The molecule has 1 aliphatic rings. The van der Waals surface area contributed by atoms with Crippen LogP contribution < -0.4 is 16.3 Å². The highest BCUT2D eigenvalue weighted by Crippen LogP contribution is 2.25. The highest BCUT2D eigenvalue weighted by atomic mass is 35.5. The molecule has 0 radical (unpaired) electrons. The first kappa shape index (κ1) is 23.4. The topological polar surface area (TPSA) is 106 Å². The largest absolute Gasteiger partial charge is 0.380 e. The molecule has 3 amide bonds. The lowest BCUT2D eigenvalue weighted by atomic mass is 10.1. The Bertz CT molecular complexity index is 1270. The molecule has 2 aromatic carbocycles. The zero-order chi connectivity index (χ0) is 24.2. The number of anilines is 2. The minimum atomic E-state index is -0.878. The predicted octanol–water partition coefficient (Wildman–Crippen LogP) is 3.28. The molecular weight excluding hydrogens is 465 g/mol.